The highest BCUT2D eigenvalue weighted by Crippen LogP contribution is 2.25. The Bertz CT molecular complexity index is 359. The van der Waals surface area contributed by atoms with E-state index in [2.05, 4.69) is 11.4 Å². The molecule has 0 bridgehead atoms. The lowest BCUT2D eigenvalue weighted by Crippen LogP contribution is -2.56. The molecule has 1 heterocycles. The van der Waals surface area contributed by atoms with Gasteiger partial charge in [0.2, 0.25) is 0 Å². The fraction of sp³-hybridized carbons (Fsp3) is 0.900. The summed E-state index contributed by atoms with van der Waals surface area (Å²) in [6.45, 7) is 5.94. The van der Waals surface area contributed by atoms with Gasteiger partial charge in [0, 0.05) is 5.54 Å². The lowest BCUT2D eigenvalue weighted by atomic mass is 9.90. The summed E-state index contributed by atoms with van der Waals surface area (Å²) in [5, 5.41) is 12.4. The van der Waals surface area contributed by atoms with Crippen LogP contribution in [0.25, 0.3) is 0 Å². The average Bonchev–Trinajstić information content (AvgIpc) is 2.07. The standard InChI is InChI=1S/C10H18N2O2S/c1-9(2,3)12-10(8-11)4-6-15(13,14)7-5-10/h12H,4-7H2,1-3H3. The van der Waals surface area contributed by atoms with E-state index >= 15 is 0 Å². The fourth-order valence-electron chi connectivity index (χ4n) is 1.87. The second-order valence-electron chi connectivity index (χ2n) is 5.22. The monoisotopic (exact) mass is 230 g/mol. The predicted molar refractivity (Wildman–Crippen MR) is 59.1 cm³/mol. The number of hydrogen-bond donors (Lipinski definition) is 1. The molecule has 15 heavy (non-hydrogen) atoms. The van der Waals surface area contributed by atoms with Crippen molar-refractivity contribution >= 4 is 9.84 Å². The molecule has 0 aromatic rings. The first-order valence-electron chi connectivity index (χ1n) is 5.09. The molecule has 1 aliphatic rings. The van der Waals surface area contributed by atoms with E-state index in [0.29, 0.717) is 12.8 Å². The van der Waals surface area contributed by atoms with E-state index in [4.69, 9.17) is 5.26 Å². The van der Waals surface area contributed by atoms with Crippen molar-refractivity contribution in [1.29, 1.82) is 5.26 Å². The number of nitrogens with one attached hydrogen (secondary N) is 1. The van der Waals surface area contributed by atoms with E-state index in [-0.39, 0.29) is 17.0 Å². The van der Waals surface area contributed by atoms with Crippen LogP contribution in [-0.4, -0.2) is 31.0 Å². The average molecular weight is 230 g/mol. The minimum atomic E-state index is -2.91. The lowest BCUT2D eigenvalue weighted by molar-refractivity contribution is 0.280. The molecule has 0 aromatic heterocycles. The maximum atomic E-state index is 11.3. The summed E-state index contributed by atoms with van der Waals surface area (Å²) in [7, 11) is -2.91. The third-order valence-corrected chi connectivity index (χ3v) is 4.16. The van der Waals surface area contributed by atoms with E-state index in [9.17, 15) is 8.42 Å². The number of nitrogens with zero attached hydrogens (tertiary/aromatic N) is 1. The minimum Gasteiger partial charge on any atom is -0.295 e. The highest BCUT2D eigenvalue weighted by molar-refractivity contribution is 7.91. The van der Waals surface area contributed by atoms with Gasteiger partial charge in [-0.15, -0.1) is 0 Å². The molecule has 1 saturated heterocycles. The molecule has 0 saturated carbocycles. The molecule has 0 atom stereocenters. The van der Waals surface area contributed by atoms with Gasteiger partial charge in [-0.25, -0.2) is 8.42 Å². The smallest absolute Gasteiger partial charge is 0.150 e. The van der Waals surface area contributed by atoms with Crippen LogP contribution in [0, 0.1) is 11.3 Å². The van der Waals surface area contributed by atoms with Crippen LogP contribution in [0.5, 0.6) is 0 Å². The maximum Gasteiger partial charge on any atom is 0.150 e. The Morgan fingerprint density at radius 2 is 1.73 bits per heavy atom. The topological polar surface area (TPSA) is 70.0 Å². The minimum absolute atomic E-state index is 0.115. The third-order valence-electron chi connectivity index (χ3n) is 2.51. The van der Waals surface area contributed by atoms with Gasteiger partial charge in [-0.1, -0.05) is 0 Å². The zero-order chi connectivity index (χ0) is 11.7. The SMILES string of the molecule is CC(C)(C)NC1(C#N)CCS(=O)(=O)CC1. The molecule has 0 aromatic carbocycles. The molecule has 86 valence electrons. The fourth-order valence-corrected chi connectivity index (χ4v) is 3.39. The Morgan fingerprint density at radius 3 is 2.07 bits per heavy atom. The van der Waals surface area contributed by atoms with Crippen molar-refractivity contribution in [3.8, 4) is 6.07 Å². The molecule has 1 N–H and O–H groups in total. The van der Waals surface area contributed by atoms with E-state index in [1.807, 2.05) is 20.8 Å². The van der Waals surface area contributed by atoms with Crippen LogP contribution in [-0.2, 0) is 9.84 Å². The number of nitriles is 1. The summed E-state index contributed by atoms with van der Waals surface area (Å²) < 4.78 is 22.6. The van der Waals surface area contributed by atoms with Gasteiger partial charge in [0.05, 0.1) is 17.6 Å². The maximum absolute atomic E-state index is 11.3. The van der Waals surface area contributed by atoms with Crippen molar-refractivity contribution in [3.05, 3.63) is 0 Å². The second-order valence-corrected chi connectivity index (χ2v) is 7.52. The molecule has 1 rings (SSSR count). The summed E-state index contributed by atoms with van der Waals surface area (Å²) >= 11 is 0. The summed E-state index contributed by atoms with van der Waals surface area (Å²) in [5.41, 5.74) is -0.833. The normalized spacial score (nSPS) is 24.4. The Kier molecular flexibility index (Phi) is 3.13. The molecule has 0 amide bonds. The zero-order valence-electron chi connectivity index (χ0n) is 9.50. The summed E-state index contributed by atoms with van der Waals surface area (Å²) in [6.07, 6.45) is 0.784. The first kappa shape index (κ1) is 12.5. The van der Waals surface area contributed by atoms with E-state index < -0.39 is 15.4 Å². The van der Waals surface area contributed by atoms with Crippen LogP contribution < -0.4 is 5.32 Å². The third kappa shape index (κ3) is 3.47. The van der Waals surface area contributed by atoms with Gasteiger partial charge >= 0.3 is 0 Å². The molecule has 0 spiro atoms. The van der Waals surface area contributed by atoms with Gasteiger partial charge in [0.1, 0.15) is 5.54 Å². The summed E-state index contributed by atoms with van der Waals surface area (Å²) in [4.78, 5) is 0. The van der Waals surface area contributed by atoms with Crippen LogP contribution in [0.15, 0.2) is 0 Å². The van der Waals surface area contributed by atoms with Gasteiger partial charge in [0.15, 0.2) is 9.84 Å². The number of sulfone groups is 1. The van der Waals surface area contributed by atoms with Gasteiger partial charge in [-0.2, -0.15) is 5.26 Å². The highest BCUT2D eigenvalue weighted by atomic mass is 32.2. The van der Waals surface area contributed by atoms with Crippen molar-refractivity contribution in [2.45, 2.75) is 44.7 Å². The largest absolute Gasteiger partial charge is 0.295 e. The highest BCUT2D eigenvalue weighted by Gasteiger charge is 2.39. The first-order chi connectivity index (χ1) is 6.68. The number of hydrogen-bond acceptors (Lipinski definition) is 4. The van der Waals surface area contributed by atoms with Crippen molar-refractivity contribution in [3.63, 3.8) is 0 Å². The van der Waals surface area contributed by atoms with E-state index in [1.54, 1.807) is 0 Å². The van der Waals surface area contributed by atoms with Crippen LogP contribution in [0.3, 0.4) is 0 Å². The van der Waals surface area contributed by atoms with Gasteiger partial charge < -0.3 is 0 Å². The molecule has 0 aliphatic carbocycles. The molecular weight excluding hydrogens is 212 g/mol. The Hall–Kier alpha value is -0.600. The van der Waals surface area contributed by atoms with Gasteiger partial charge in [-0.3, -0.25) is 5.32 Å². The predicted octanol–water partition coefficient (Wildman–Crippen LogP) is 0.845. The Balaban J connectivity index is 2.79. The lowest BCUT2D eigenvalue weighted by Gasteiger charge is -2.37. The van der Waals surface area contributed by atoms with Crippen LogP contribution in [0.2, 0.25) is 0 Å². The zero-order valence-corrected chi connectivity index (χ0v) is 10.3. The Morgan fingerprint density at radius 1 is 1.27 bits per heavy atom. The van der Waals surface area contributed by atoms with Crippen LogP contribution >= 0.6 is 0 Å². The van der Waals surface area contributed by atoms with E-state index in [0.717, 1.165) is 0 Å². The van der Waals surface area contributed by atoms with Crippen molar-refractivity contribution < 1.29 is 8.42 Å². The summed E-state index contributed by atoms with van der Waals surface area (Å²) in [6, 6.07) is 2.24. The van der Waals surface area contributed by atoms with Crippen molar-refractivity contribution in [1.82, 2.24) is 5.32 Å². The molecule has 1 aliphatic heterocycles. The molecular formula is C10H18N2O2S. The molecule has 0 radical (unpaired) electrons. The second kappa shape index (κ2) is 3.76. The summed E-state index contributed by atoms with van der Waals surface area (Å²) in [5.74, 6) is 0.229. The molecule has 0 unspecified atom stereocenters. The van der Waals surface area contributed by atoms with E-state index in [1.165, 1.54) is 0 Å². The first-order valence-corrected chi connectivity index (χ1v) is 6.91. The molecule has 1 fully saturated rings. The van der Waals surface area contributed by atoms with Gasteiger partial charge in [0.25, 0.3) is 0 Å². The van der Waals surface area contributed by atoms with Crippen LogP contribution in [0.1, 0.15) is 33.6 Å². The van der Waals surface area contributed by atoms with Crippen molar-refractivity contribution in [2.24, 2.45) is 0 Å². The molecule has 5 heteroatoms. The van der Waals surface area contributed by atoms with Crippen molar-refractivity contribution in [2.75, 3.05) is 11.5 Å². The number of rotatable bonds is 1. The van der Waals surface area contributed by atoms with Crippen LogP contribution in [0.4, 0.5) is 0 Å². The molecule has 4 nitrogen and oxygen atoms in total. The van der Waals surface area contributed by atoms with Gasteiger partial charge in [-0.05, 0) is 33.6 Å². The Labute approximate surface area is 91.6 Å². The quantitative estimate of drug-likeness (QED) is 0.725.